The molecule has 1 saturated carbocycles. The maximum Gasteiger partial charge on any atom is 0.214 e. The normalized spacial score (nSPS) is 29.4. The molecule has 0 radical (unpaired) electrons. The van der Waals surface area contributed by atoms with Gasteiger partial charge in [-0.05, 0) is 46.8 Å². The first-order chi connectivity index (χ1) is 6.47. The quantitative estimate of drug-likeness (QED) is 0.749. The van der Waals surface area contributed by atoms with E-state index in [1.165, 1.54) is 7.05 Å². The molecule has 84 valence electrons. The van der Waals surface area contributed by atoms with Gasteiger partial charge in [0.25, 0.3) is 0 Å². The van der Waals surface area contributed by atoms with Gasteiger partial charge in [0.15, 0.2) is 0 Å². The predicted molar refractivity (Wildman–Crippen MR) is 57.7 cm³/mol. The Morgan fingerprint density at radius 2 is 1.64 bits per heavy atom. The number of rotatable bonds is 3. The maximum absolute atomic E-state index is 11.5. The van der Waals surface area contributed by atoms with Crippen LogP contribution >= 0.6 is 0 Å². The van der Waals surface area contributed by atoms with Gasteiger partial charge in [0.1, 0.15) is 0 Å². The van der Waals surface area contributed by atoms with E-state index in [-0.39, 0.29) is 5.25 Å². The van der Waals surface area contributed by atoms with E-state index < -0.39 is 10.0 Å². The van der Waals surface area contributed by atoms with Gasteiger partial charge >= 0.3 is 0 Å². The van der Waals surface area contributed by atoms with Crippen molar-refractivity contribution in [3.05, 3.63) is 0 Å². The third-order valence-electron chi connectivity index (χ3n) is 3.10. The lowest BCUT2D eigenvalue weighted by molar-refractivity contribution is 0.229. The Morgan fingerprint density at radius 3 is 2.00 bits per heavy atom. The van der Waals surface area contributed by atoms with Crippen molar-refractivity contribution < 1.29 is 8.42 Å². The molecular weight excluding hydrogens is 200 g/mol. The molecule has 0 saturated heterocycles. The first-order valence-electron chi connectivity index (χ1n) is 5.06. The van der Waals surface area contributed by atoms with Crippen LogP contribution in [-0.2, 0) is 10.0 Å². The Hall–Kier alpha value is -0.130. The summed E-state index contributed by atoms with van der Waals surface area (Å²) in [7, 11) is 2.56. The van der Waals surface area contributed by atoms with Gasteiger partial charge in [-0.2, -0.15) is 0 Å². The number of nitrogens with zero attached hydrogens (tertiary/aromatic N) is 1. The Bertz CT molecular complexity index is 267. The van der Waals surface area contributed by atoms with Crippen molar-refractivity contribution in [2.24, 2.45) is 0 Å². The first-order valence-corrected chi connectivity index (χ1v) is 6.61. The van der Waals surface area contributed by atoms with Gasteiger partial charge in [-0.3, -0.25) is 0 Å². The highest BCUT2D eigenvalue weighted by Crippen LogP contribution is 2.25. The standard InChI is InChI=1S/C9H20N2O2S/c1-10-14(12,13)9-6-4-8(5-7-9)11(2)3/h8-10H,4-7H2,1-3H3. The van der Waals surface area contributed by atoms with Crippen LogP contribution in [0.3, 0.4) is 0 Å². The molecule has 0 atom stereocenters. The van der Waals surface area contributed by atoms with Crippen molar-refractivity contribution in [3.63, 3.8) is 0 Å². The largest absolute Gasteiger partial charge is 0.306 e. The molecule has 0 aromatic rings. The molecule has 0 unspecified atom stereocenters. The minimum absolute atomic E-state index is 0.177. The lowest BCUT2D eigenvalue weighted by atomic mass is 9.94. The Morgan fingerprint density at radius 1 is 1.14 bits per heavy atom. The van der Waals surface area contributed by atoms with Crippen LogP contribution in [0.15, 0.2) is 0 Å². The second-order valence-electron chi connectivity index (χ2n) is 4.14. The lowest BCUT2D eigenvalue weighted by Gasteiger charge is -2.32. The van der Waals surface area contributed by atoms with E-state index in [9.17, 15) is 8.42 Å². The predicted octanol–water partition coefficient (Wildman–Crippen LogP) is 0.408. The topological polar surface area (TPSA) is 49.4 Å². The fraction of sp³-hybridized carbons (Fsp3) is 1.00. The smallest absolute Gasteiger partial charge is 0.214 e. The van der Waals surface area contributed by atoms with Crippen LogP contribution in [0.4, 0.5) is 0 Å². The minimum atomic E-state index is -3.04. The Balaban J connectivity index is 2.52. The van der Waals surface area contributed by atoms with E-state index in [1.807, 2.05) is 0 Å². The van der Waals surface area contributed by atoms with Crippen molar-refractivity contribution in [3.8, 4) is 0 Å². The Kier molecular flexibility index (Phi) is 3.92. The molecule has 1 aliphatic carbocycles. The highest BCUT2D eigenvalue weighted by Gasteiger charge is 2.30. The summed E-state index contributed by atoms with van der Waals surface area (Å²) < 4.78 is 25.4. The summed E-state index contributed by atoms with van der Waals surface area (Å²) in [5.74, 6) is 0. The van der Waals surface area contributed by atoms with Crippen LogP contribution in [0.5, 0.6) is 0 Å². The molecule has 0 heterocycles. The van der Waals surface area contributed by atoms with Crippen LogP contribution < -0.4 is 4.72 Å². The van der Waals surface area contributed by atoms with Gasteiger partial charge < -0.3 is 4.90 Å². The molecule has 0 aromatic heterocycles. The summed E-state index contributed by atoms with van der Waals surface area (Å²) in [4.78, 5) is 2.18. The lowest BCUT2D eigenvalue weighted by Crippen LogP contribution is -2.39. The van der Waals surface area contributed by atoms with E-state index in [4.69, 9.17) is 0 Å². The van der Waals surface area contributed by atoms with Gasteiger partial charge in [0.05, 0.1) is 5.25 Å². The van der Waals surface area contributed by atoms with Crippen LogP contribution in [0.1, 0.15) is 25.7 Å². The van der Waals surface area contributed by atoms with Gasteiger partial charge in [0, 0.05) is 6.04 Å². The molecule has 1 aliphatic rings. The zero-order valence-corrected chi connectivity index (χ0v) is 9.97. The molecule has 0 aromatic carbocycles. The number of nitrogens with one attached hydrogen (secondary N) is 1. The van der Waals surface area contributed by atoms with E-state index in [0.29, 0.717) is 6.04 Å². The van der Waals surface area contributed by atoms with Crippen molar-refractivity contribution in [2.75, 3.05) is 21.1 Å². The molecule has 0 bridgehead atoms. The molecule has 1 rings (SSSR count). The van der Waals surface area contributed by atoms with Crippen molar-refractivity contribution in [1.82, 2.24) is 9.62 Å². The van der Waals surface area contributed by atoms with E-state index in [0.717, 1.165) is 25.7 Å². The van der Waals surface area contributed by atoms with Crippen LogP contribution in [0, 0.1) is 0 Å². The van der Waals surface area contributed by atoms with Crippen LogP contribution in [0.25, 0.3) is 0 Å². The van der Waals surface area contributed by atoms with Crippen molar-refractivity contribution >= 4 is 10.0 Å². The number of sulfonamides is 1. The molecule has 1 fully saturated rings. The number of hydrogen-bond acceptors (Lipinski definition) is 3. The van der Waals surface area contributed by atoms with Crippen LogP contribution in [-0.4, -0.2) is 45.8 Å². The summed E-state index contributed by atoms with van der Waals surface area (Å²) in [6, 6.07) is 0.554. The molecule has 5 heteroatoms. The van der Waals surface area contributed by atoms with E-state index in [2.05, 4.69) is 23.7 Å². The molecule has 4 nitrogen and oxygen atoms in total. The monoisotopic (exact) mass is 220 g/mol. The molecular formula is C9H20N2O2S. The molecule has 0 spiro atoms. The third-order valence-corrected chi connectivity index (χ3v) is 5.02. The van der Waals surface area contributed by atoms with Gasteiger partial charge in [-0.15, -0.1) is 0 Å². The summed E-state index contributed by atoms with van der Waals surface area (Å²) in [5, 5.41) is -0.177. The summed E-state index contributed by atoms with van der Waals surface area (Å²) in [5.41, 5.74) is 0. The van der Waals surface area contributed by atoms with E-state index >= 15 is 0 Å². The minimum Gasteiger partial charge on any atom is -0.306 e. The van der Waals surface area contributed by atoms with Crippen molar-refractivity contribution in [2.45, 2.75) is 37.0 Å². The fourth-order valence-corrected chi connectivity index (χ4v) is 3.26. The second kappa shape index (κ2) is 4.59. The van der Waals surface area contributed by atoms with Crippen molar-refractivity contribution in [1.29, 1.82) is 0 Å². The number of hydrogen-bond donors (Lipinski definition) is 1. The summed E-state index contributed by atoms with van der Waals surface area (Å²) in [6.45, 7) is 0. The maximum atomic E-state index is 11.5. The molecule has 14 heavy (non-hydrogen) atoms. The van der Waals surface area contributed by atoms with Gasteiger partial charge in [-0.1, -0.05) is 0 Å². The fourth-order valence-electron chi connectivity index (χ4n) is 2.04. The van der Waals surface area contributed by atoms with E-state index in [1.54, 1.807) is 0 Å². The SMILES string of the molecule is CNS(=O)(=O)C1CCC(N(C)C)CC1. The molecule has 1 N–H and O–H groups in total. The summed E-state index contributed by atoms with van der Waals surface area (Å²) in [6.07, 6.45) is 3.54. The molecule has 0 aliphatic heterocycles. The van der Waals surface area contributed by atoms with Gasteiger partial charge in [-0.25, -0.2) is 13.1 Å². The average Bonchev–Trinajstić information content (AvgIpc) is 2.18. The first kappa shape index (κ1) is 11.9. The zero-order valence-electron chi connectivity index (χ0n) is 9.16. The van der Waals surface area contributed by atoms with Crippen LogP contribution in [0.2, 0.25) is 0 Å². The average molecular weight is 220 g/mol. The Labute approximate surface area is 86.7 Å². The second-order valence-corrected chi connectivity index (χ2v) is 6.31. The highest BCUT2D eigenvalue weighted by molar-refractivity contribution is 7.90. The third kappa shape index (κ3) is 2.68. The zero-order chi connectivity index (χ0) is 10.8. The summed E-state index contributed by atoms with van der Waals surface area (Å²) >= 11 is 0. The molecule has 0 amide bonds. The van der Waals surface area contributed by atoms with Gasteiger partial charge in [0.2, 0.25) is 10.0 Å². The highest BCUT2D eigenvalue weighted by atomic mass is 32.2.